The van der Waals surface area contributed by atoms with Gasteiger partial charge in [0.05, 0.1) is 12.3 Å². The van der Waals surface area contributed by atoms with E-state index < -0.39 is 11.6 Å². The van der Waals surface area contributed by atoms with Crippen molar-refractivity contribution in [1.82, 2.24) is 9.97 Å². The maximum Gasteiger partial charge on any atom is 0.159 e. The van der Waals surface area contributed by atoms with Crippen molar-refractivity contribution in [2.75, 3.05) is 6.61 Å². The van der Waals surface area contributed by atoms with Crippen molar-refractivity contribution in [3.05, 3.63) is 41.4 Å². The molecule has 0 saturated carbocycles. The number of rotatable bonds is 3. The van der Waals surface area contributed by atoms with Crippen LogP contribution in [0.15, 0.2) is 18.2 Å². The van der Waals surface area contributed by atoms with Gasteiger partial charge in [0.25, 0.3) is 0 Å². The summed E-state index contributed by atoms with van der Waals surface area (Å²) < 4.78 is 25.9. The zero-order valence-corrected chi connectivity index (χ0v) is 9.30. The molecule has 90 valence electrons. The summed E-state index contributed by atoms with van der Waals surface area (Å²) in [6.07, 6.45) is 0.407. The topological polar surface area (TPSA) is 48.9 Å². The first-order valence-electron chi connectivity index (χ1n) is 5.23. The fraction of sp³-hybridized carbons (Fsp3) is 0.250. The molecule has 0 aliphatic carbocycles. The van der Waals surface area contributed by atoms with Crippen molar-refractivity contribution < 1.29 is 13.9 Å². The summed E-state index contributed by atoms with van der Waals surface area (Å²) in [5, 5.41) is 8.80. The normalized spacial score (nSPS) is 10.8. The standard InChI is InChI=1S/C12H12F2N2O/c1-7-12(16-11(15-7)4-5-17)8-2-3-9(13)10(14)6-8/h2-3,6,17H,4-5H2,1H3,(H,15,16). The quantitative estimate of drug-likeness (QED) is 0.861. The number of nitrogens with one attached hydrogen (secondary N) is 1. The van der Waals surface area contributed by atoms with Crippen LogP contribution in [0.25, 0.3) is 11.3 Å². The number of aliphatic hydroxyl groups is 1. The van der Waals surface area contributed by atoms with E-state index in [2.05, 4.69) is 9.97 Å². The van der Waals surface area contributed by atoms with Crippen molar-refractivity contribution in [2.24, 2.45) is 0 Å². The van der Waals surface area contributed by atoms with Crippen molar-refractivity contribution in [2.45, 2.75) is 13.3 Å². The van der Waals surface area contributed by atoms with Crippen LogP contribution in [0.5, 0.6) is 0 Å². The molecule has 0 spiro atoms. The molecule has 2 N–H and O–H groups in total. The van der Waals surface area contributed by atoms with E-state index in [4.69, 9.17) is 5.11 Å². The Bertz CT molecular complexity index is 537. The van der Waals surface area contributed by atoms with Crippen LogP contribution in [0.4, 0.5) is 8.78 Å². The summed E-state index contributed by atoms with van der Waals surface area (Å²) in [5.41, 5.74) is 1.86. The Morgan fingerprint density at radius 2 is 2.06 bits per heavy atom. The van der Waals surface area contributed by atoms with Crippen LogP contribution in [-0.2, 0) is 6.42 Å². The predicted molar refractivity (Wildman–Crippen MR) is 59.5 cm³/mol. The summed E-state index contributed by atoms with van der Waals surface area (Å²) in [7, 11) is 0. The fourth-order valence-electron chi connectivity index (χ4n) is 1.67. The number of imidazole rings is 1. The molecule has 5 heteroatoms. The van der Waals surface area contributed by atoms with E-state index in [1.54, 1.807) is 6.92 Å². The van der Waals surface area contributed by atoms with Crippen LogP contribution in [0.2, 0.25) is 0 Å². The molecule has 0 unspecified atom stereocenters. The van der Waals surface area contributed by atoms with Crippen LogP contribution in [0, 0.1) is 18.6 Å². The highest BCUT2D eigenvalue weighted by atomic mass is 19.2. The average Bonchev–Trinajstić information content (AvgIpc) is 2.64. The van der Waals surface area contributed by atoms with Crippen LogP contribution < -0.4 is 0 Å². The van der Waals surface area contributed by atoms with Gasteiger partial charge in [-0.1, -0.05) is 0 Å². The second-order valence-corrected chi connectivity index (χ2v) is 3.76. The van der Waals surface area contributed by atoms with Gasteiger partial charge in [0.2, 0.25) is 0 Å². The zero-order valence-electron chi connectivity index (χ0n) is 9.30. The maximum atomic E-state index is 13.1. The number of H-pyrrole nitrogens is 1. The van der Waals surface area contributed by atoms with Gasteiger partial charge in [-0.3, -0.25) is 0 Å². The number of hydrogen-bond acceptors (Lipinski definition) is 2. The molecule has 17 heavy (non-hydrogen) atoms. The van der Waals surface area contributed by atoms with Gasteiger partial charge in [0.1, 0.15) is 5.82 Å². The molecule has 0 aliphatic rings. The molecule has 0 aliphatic heterocycles. The predicted octanol–water partition coefficient (Wildman–Crippen LogP) is 2.20. The van der Waals surface area contributed by atoms with Crippen molar-refractivity contribution in [3.63, 3.8) is 0 Å². The molecule has 0 saturated heterocycles. The first-order valence-corrected chi connectivity index (χ1v) is 5.23. The Hall–Kier alpha value is -1.75. The van der Waals surface area contributed by atoms with Gasteiger partial charge < -0.3 is 10.1 Å². The van der Waals surface area contributed by atoms with Crippen LogP contribution in [0.3, 0.4) is 0 Å². The summed E-state index contributed by atoms with van der Waals surface area (Å²) in [5.74, 6) is -1.14. The fourth-order valence-corrected chi connectivity index (χ4v) is 1.67. The molecular formula is C12H12F2N2O. The van der Waals surface area contributed by atoms with Gasteiger partial charge in [-0.05, 0) is 25.1 Å². The third-order valence-electron chi connectivity index (χ3n) is 2.48. The molecule has 1 aromatic heterocycles. The Morgan fingerprint density at radius 1 is 1.29 bits per heavy atom. The highest BCUT2D eigenvalue weighted by molar-refractivity contribution is 5.61. The molecule has 0 amide bonds. The largest absolute Gasteiger partial charge is 0.396 e. The Balaban J connectivity index is 2.41. The van der Waals surface area contributed by atoms with Gasteiger partial charge >= 0.3 is 0 Å². The minimum absolute atomic E-state index is 0.00975. The second kappa shape index (κ2) is 4.63. The zero-order chi connectivity index (χ0) is 12.4. The van der Waals surface area contributed by atoms with Crippen LogP contribution in [-0.4, -0.2) is 21.7 Å². The molecule has 3 nitrogen and oxygen atoms in total. The van der Waals surface area contributed by atoms with Gasteiger partial charge in [-0.15, -0.1) is 0 Å². The molecule has 1 aromatic carbocycles. The van der Waals surface area contributed by atoms with E-state index in [9.17, 15) is 8.78 Å². The summed E-state index contributed by atoms with van der Waals surface area (Å²) in [6, 6.07) is 3.66. The highest BCUT2D eigenvalue weighted by Gasteiger charge is 2.11. The number of hydrogen-bond donors (Lipinski definition) is 2. The first kappa shape index (κ1) is 11.7. The number of aromatic nitrogens is 2. The SMILES string of the molecule is Cc1[nH]c(CCO)nc1-c1ccc(F)c(F)c1. The summed E-state index contributed by atoms with van der Waals surface area (Å²) in [4.78, 5) is 7.23. The maximum absolute atomic E-state index is 13.1. The lowest BCUT2D eigenvalue weighted by molar-refractivity contribution is 0.297. The van der Waals surface area contributed by atoms with E-state index in [0.717, 1.165) is 17.8 Å². The van der Waals surface area contributed by atoms with Crippen molar-refractivity contribution >= 4 is 0 Å². The molecule has 0 bridgehead atoms. The lowest BCUT2D eigenvalue weighted by Gasteiger charge is -1.99. The summed E-state index contributed by atoms with van der Waals surface area (Å²) in [6.45, 7) is 1.79. The molecular weight excluding hydrogens is 226 g/mol. The molecule has 0 fully saturated rings. The Kier molecular flexibility index (Phi) is 3.19. The molecule has 0 atom stereocenters. The van der Waals surface area contributed by atoms with Gasteiger partial charge in [0, 0.05) is 17.7 Å². The van der Waals surface area contributed by atoms with E-state index in [-0.39, 0.29) is 6.61 Å². The van der Waals surface area contributed by atoms with Crippen molar-refractivity contribution in [1.29, 1.82) is 0 Å². The van der Waals surface area contributed by atoms with Crippen molar-refractivity contribution in [3.8, 4) is 11.3 Å². The highest BCUT2D eigenvalue weighted by Crippen LogP contribution is 2.23. The minimum atomic E-state index is -0.895. The van der Waals surface area contributed by atoms with Gasteiger partial charge in [-0.2, -0.15) is 0 Å². The van der Waals surface area contributed by atoms with Crippen LogP contribution in [0.1, 0.15) is 11.5 Å². The third-order valence-corrected chi connectivity index (χ3v) is 2.48. The van der Waals surface area contributed by atoms with Crippen LogP contribution >= 0.6 is 0 Å². The minimum Gasteiger partial charge on any atom is -0.396 e. The second-order valence-electron chi connectivity index (χ2n) is 3.76. The molecule has 2 rings (SSSR count). The average molecular weight is 238 g/mol. The lowest BCUT2D eigenvalue weighted by atomic mass is 10.1. The lowest BCUT2D eigenvalue weighted by Crippen LogP contribution is -1.92. The van der Waals surface area contributed by atoms with E-state index in [1.165, 1.54) is 6.07 Å². The Labute approximate surface area is 97.1 Å². The van der Waals surface area contributed by atoms with E-state index in [0.29, 0.717) is 23.5 Å². The smallest absolute Gasteiger partial charge is 0.159 e. The van der Waals surface area contributed by atoms with E-state index >= 15 is 0 Å². The first-order chi connectivity index (χ1) is 8.11. The monoisotopic (exact) mass is 238 g/mol. The number of halogens is 2. The number of aromatic amines is 1. The third kappa shape index (κ3) is 2.34. The molecule has 2 aromatic rings. The Morgan fingerprint density at radius 3 is 2.71 bits per heavy atom. The molecule has 0 radical (unpaired) electrons. The number of aryl methyl sites for hydroxylation is 1. The summed E-state index contributed by atoms with van der Waals surface area (Å²) >= 11 is 0. The van der Waals surface area contributed by atoms with E-state index in [1.807, 2.05) is 0 Å². The number of nitrogens with zero attached hydrogens (tertiary/aromatic N) is 1. The van der Waals surface area contributed by atoms with Gasteiger partial charge in [0.15, 0.2) is 11.6 Å². The number of aliphatic hydroxyl groups excluding tert-OH is 1. The van der Waals surface area contributed by atoms with Gasteiger partial charge in [-0.25, -0.2) is 13.8 Å². The number of benzene rings is 1. The molecule has 1 heterocycles.